The van der Waals surface area contributed by atoms with Crippen molar-refractivity contribution < 1.29 is 19.4 Å². The van der Waals surface area contributed by atoms with Gasteiger partial charge in [0.1, 0.15) is 0 Å². The number of carbonyl (C=O) groups is 1. The van der Waals surface area contributed by atoms with Crippen molar-refractivity contribution in [1.82, 2.24) is 0 Å². The summed E-state index contributed by atoms with van der Waals surface area (Å²) in [5.74, 6) is -0.337. The van der Waals surface area contributed by atoms with E-state index in [9.17, 15) is 4.79 Å². The molecule has 0 aromatic carbocycles. The normalized spacial score (nSPS) is 12.7. The molecule has 0 spiro atoms. The second-order valence-corrected chi connectivity index (χ2v) is 1.81. The lowest BCUT2D eigenvalue weighted by molar-refractivity contribution is -0.144. The fourth-order valence-corrected chi connectivity index (χ4v) is 0.461. The fraction of sp³-hybridized carbons (Fsp3) is 0.833. The second kappa shape index (κ2) is 5.20. The van der Waals surface area contributed by atoms with Gasteiger partial charge in [-0.1, -0.05) is 0 Å². The first kappa shape index (κ1) is 9.39. The molecule has 0 aliphatic carbocycles. The minimum Gasteiger partial charge on any atom is -0.469 e. The van der Waals surface area contributed by atoms with E-state index in [0.29, 0.717) is 0 Å². The van der Waals surface area contributed by atoms with Crippen LogP contribution in [-0.2, 0) is 14.3 Å². The molecule has 0 rings (SSSR count). The Labute approximate surface area is 59.7 Å². The Kier molecular flexibility index (Phi) is 4.88. The summed E-state index contributed by atoms with van der Waals surface area (Å²) in [6.07, 6.45) is -0.395. The van der Waals surface area contributed by atoms with Crippen molar-refractivity contribution in [3.63, 3.8) is 0 Å². The molecule has 0 aromatic heterocycles. The molecule has 0 aromatic rings. The summed E-state index contributed by atoms with van der Waals surface area (Å²) in [5, 5.41) is 8.77. The van der Waals surface area contributed by atoms with E-state index in [1.165, 1.54) is 14.2 Å². The molecule has 1 atom stereocenters. The van der Waals surface area contributed by atoms with Crippen LogP contribution in [0.4, 0.5) is 0 Å². The van der Waals surface area contributed by atoms with Gasteiger partial charge in [-0.3, -0.25) is 4.79 Å². The Bertz CT molecular complexity index is 102. The lowest BCUT2D eigenvalue weighted by Gasteiger charge is -2.05. The van der Waals surface area contributed by atoms with Gasteiger partial charge in [-0.15, -0.1) is 0 Å². The SMILES string of the molecule is COC(=O)CCC(O)OC. The van der Waals surface area contributed by atoms with Crippen LogP contribution in [-0.4, -0.2) is 31.6 Å². The minimum atomic E-state index is -0.862. The first-order valence-electron chi connectivity index (χ1n) is 2.98. The predicted molar refractivity (Wildman–Crippen MR) is 34.3 cm³/mol. The van der Waals surface area contributed by atoms with Crippen LogP contribution in [0.5, 0.6) is 0 Å². The number of aliphatic hydroxyl groups excluding tert-OH is 1. The molecule has 0 saturated carbocycles. The van der Waals surface area contributed by atoms with Crippen LogP contribution in [0, 0.1) is 0 Å². The van der Waals surface area contributed by atoms with Gasteiger partial charge < -0.3 is 14.6 Å². The molecule has 0 fully saturated rings. The smallest absolute Gasteiger partial charge is 0.305 e. The van der Waals surface area contributed by atoms with Crippen molar-refractivity contribution in [1.29, 1.82) is 0 Å². The molecule has 1 N–H and O–H groups in total. The van der Waals surface area contributed by atoms with Gasteiger partial charge in [-0.05, 0) is 0 Å². The first-order valence-corrected chi connectivity index (χ1v) is 2.98. The Balaban J connectivity index is 3.26. The van der Waals surface area contributed by atoms with Gasteiger partial charge in [-0.2, -0.15) is 0 Å². The Hall–Kier alpha value is -0.610. The van der Waals surface area contributed by atoms with Gasteiger partial charge in [0.05, 0.1) is 13.5 Å². The molecule has 0 aliphatic rings. The van der Waals surface area contributed by atoms with Crippen molar-refractivity contribution in [2.24, 2.45) is 0 Å². The molecule has 0 aliphatic heterocycles. The van der Waals surface area contributed by atoms with E-state index in [1.54, 1.807) is 0 Å². The molecular weight excluding hydrogens is 136 g/mol. The molecule has 10 heavy (non-hydrogen) atoms. The molecule has 0 radical (unpaired) electrons. The van der Waals surface area contributed by atoms with Crippen molar-refractivity contribution >= 4 is 5.97 Å². The van der Waals surface area contributed by atoms with Gasteiger partial charge in [0.25, 0.3) is 0 Å². The number of aliphatic hydroxyl groups is 1. The zero-order chi connectivity index (χ0) is 7.98. The monoisotopic (exact) mass is 148 g/mol. The summed E-state index contributed by atoms with van der Waals surface area (Å²) in [5.41, 5.74) is 0. The highest BCUT2D eigenvalue weighted by Crippen LogP contribution is 1.97. The van der Waals surface area contributed by atoms with E-state index in [2.05, 4.69) is 9.47 Å². The quantitative estimate of drug-likeness (QED) is 0.447. The van der Waals surface area contributed by atoms with Gasteiger partial charge in [-0.25, -0.2) is 0 Å². The molecule has 1 unspecified atom stereocenters. The van der Waals surface area contributed by atoms with E-state index in [1.807, 2.05) is 0 Å². The largest absolute Gasteiger partial charge is 0.469 e. The van der Waals surface area contributed by atoms with Crippen molar-refractivity contribution in [2.75, 3.05) is 14.2 Å². The first-order chi connectivity index (χ1) is 4.70. The Morgan fingerprint density at radius 3 is 2.60 bits per heavy atom. The van der Waals surface area contributed by atoms with E-state index in [-0.39, 0.29) is 18.8 Å². The number of methoxy groups -OCH3 is 2. The molecule has 0 heterocycles. The maximum Gasteiger partial charge on any atom is 0.305 e. The zero-order valence-corrected chi connectivity index (χ0v) is 6.16. The number of hydrogen-bond acceptors (Lipinski definition) is 4. The number of rotatable bonds is 4. The Morgan fingerprint density at radius 1 is 1.60 bits per heavy atom. The average Bonchev–Trinajstić information content (AvgIpc) is 1.99. The summed E-state index contributed by atoms with van der Waals surface area (Å²) in [6.45, 7) is 0. The Morgan fingerprint density at radius 2 is 2.20 bits per heavy atom. The third kappa shape index (κ3) is 4.29. The molecule has 0 saturated heterocycles. The molecular formula is C6H12O4. The van der Waals surface area contributed by atoms with E-state index < -0.39 is 6.29 Å². The summed E-state index contributed by atoms with van der Waals surface area (Å²) >= 11 is 0. The maximum atomic E-state index is 10.4. The molecule has 0 amide bonds. The average molecular weight is 148 g/mol. The summed E-state index contributed by atoms with van der Waals surface area (Å²) < 4.78 is 8.83. The highest BCUT2D eigenvalue weighted by Gasteiger charge is 2.05. The molecule has 4 nitrogen and oxygen atoms in total. The van der Waals surface area contributed by atoms with E-state index >= 15 is 0 Å². The second-order valence-electron chi connectivity index (χ2n) is 1.81. The highest BCUT2D eigenvalue weighted by molar-refractivity contribution is 5.69. The lowest BCUT2D eigenvalue weighted by atomic mass is 10.3. The van der Waals surface area contributed by atoms with Crippen LogP contribution in [0.1, 0.15) is 12.8 Å². The van der Waals surface area contributed by atoms with Gasteiger partial charge >= 0.3 is 5.97 Å². The summed E-state index contributed by atoms with van der Waals surface area (Å²) in [6, 6.07) is 0. The minimum absolute atomic E-state index is 0.186. The summed E-state index contributed by atoms with van der Waals surface area (Å²) in [4.78, 5) is 10.4. The van der Waals surface area contributed by atoms with Crippen LogP contribution < -0.4 is 0 Å². The van der Waals surface area contributed by atoms with Gasteiger partial charge in [0.2, 0.25) is 0 Å². The molecule has 60 valence electrons. The lowest BCUT2D eigenvalue weighted by Crippen LogP contribution is -2.11. The third-order valence-electron chi connectivity index (χ3n) is 1.10. The fourth-order valence-electron chi connectivity index (χ4n) is 0.461. The van der Waals surface area contributed by atoms with Gasteiger partial charge in [0.15, 0.2) is 6.29 Å². The van der Waals surface area contributed by atoms with Gasteiger partial charge in [0, 0.05) is 13.5 Å². The van der Waals surface area contributed by atoms with Crippen molar-refractivity contribution in [3.8, 4) is 0 Å². The van der Waals surface area contributed by atoms with E-state index in [4.69, 9.17) is 5.11 Å². The summed E-state index contributed by atoms with van der Waals surface area (Å²) in [7, 11) is 2.68. The van der Waals surface area contributed by atoms with Crippen LogP contribution in [0.15, 0.2) is 0 Å². The van der Waals surface area contributed by atoms with Crippen molar-refractivity contribution in [2.45, 2.75) is 19.1 Å². The maximum absolute atomic E-state index is 10.4. The van der Waals surface area contributed by atoms with Crippen LogP contribution in [0.3, 0.4) is 0 Å². The molecule has 0 bridgehead atoms. The van der Waals surface area contributed by atoms with Crippen molar-refractivity contribution in [3.05, 3.63) is 0 Å². The van der Waals surface area contributed by atoms with Crippen LogP contribution >= 0.6 is 0 Å². The van der Waals surface area contributed by atoms with Crippen LogP contribution in [0.2, 0.25) is 0 Å². The number of hydrogen-bond donors (Lipinski definition) is 1. The highest BCUT2D eigenvalue weighted by atomic mass is 16.6. The molecule has 4 heteroatoms. The van der Waals surface area contributed by atoms with Crippen LogP contribution in [0.25, 0.3) is 0 Å². The standard InChI is InChI=1S/C6H12O4/c1-9-5(7)3-4-6(8)10-2/h5,7H,3-4H2,1-2H3. The van der Waals surface area contributed by atoms with E-state index in [0.717, 1.165) is 0 Å². The topological polar surface area (TPSA) is 55.8 Å². The number of ether oxygens (including phenoxy) is 2. The zero-order valence-electron chi connectivity index (χ0n) is 6.16. The number of carbonyl (C=O) groups excluding carboxylic acids is 1. The third-order valence-corrected chi connectivity index (χ3v) is 1.10. The number of esters is 1. The predicted octanol–water partition coefficient (Wildman–Crippen LogP) is -0.0956.